The van der Waals surface area contributed by atoms with E-state index >= 15 is 0 Å². The Morgan fingerprint density at radius 1 is 1.48 bits per heavy atom. The summed E-state index contributed by atoms with van der Waals surface area (Å²) in [4.78, 5) is 14.4. The molecule has 2 aromatic rings. The van der Waals surface area contributed by atoms with Crippen LogP contribution in [-0.2, 0) is 7.05 Å². The van der Waals surface area contributed by atoms with Gasteiger partial charge in [-0.1, -0.05) is 18.7 Å². The summed E-state index contributed by atoms with van der Waals surface area (Å²) in [5.74, 6) is 0.961. The van der Waals surface area contributed by atoms with Crippen LogP contribution in [0.25, 0.3) is 0 Å². The molecule has 0 saturated heterocycles. The van der Waals surface area contributed by atoms with Crippen LogP contribution in [0.5, 0.6) is 0 Å². The highest BCUT2D eigenvalue weighted by atomic mass is 32.2. The molecule has 0 atom stereocenters. The number of nitrogens with one attached hydrogen (secondary N) is 1. The Morgan fingerprint density at radius 3 is 2.81 bits per heavy atom. The van der Waals surface area contributed by atoms with Crippen molar-refractivity contribution in [2.24, 2.45) is 12.1 Å². The molecule has 0 bridgehead atoms. The van der Waals surface area contributed by atoms with Crippen LogP contribution in [0.15, 0.2) is 40.7 Å². The van der Waals surface area contributed by atoms with Crippen molar-refractivity contribution in [2.45, 2.75) is 12.1 Å². The SMILES string of the molecule is CCSc1ncc(/C=N/Nc2ccc([N+](=O)[O-])cc2)n1C. The van der Waals surface area contributed by atoms with Gasteiger partial charge >= 0.3 is 0 Å². The fourth-order valence-electron chi connectivity index (χ4n) is 1.62. The average molecular weight is 305 g/mol. The van der Waals surface area contributed by atoms with E-state index in [1.54, 1.807) is 36.3 Å². The Labute approximate surface area is 126 Å². The largest absolute Gasteiger partial charge is 0.321 e. The first kappa shape index (κ1) is 15.0. The first-order valence-electron chi connectivity index (χ1n) is 6.30. The van der Waals surface area contributed by atoms with Crippen molar-refractivity contribution in [1.82, 2.24) is 9.55 Å². The van der Waals surface area contributed by atoms with Gasteiger partial charge in [-0.3, -0.25) is 15.5 Å². The summed E-state index contributed by atoms with van der Waals surface area (Å²) < 4.78 is 1.95. The number of anilines is 1. The number of hydrogen-bond acceptors (Lipinski definition) is 6. The lowest BCUT2D eigenvalue weighted by Gasteiger charge is -2.01. The number of aromatic nitrogens is 2. The van der Waals surface area contributed by atoms with Crippen LogP contribution < -0.4 is 5.43 Å². The van der Waals surface area contributed by atoms with Crippen molar-refractivity contribution < 1.29 is 4.92 Å². The second-order valence-electron chi connectivity index (χ2n) is 4.13. The van der Waals surface area contributed by atoms with Crippen molar-refractivity contribution in [2.75, 3.05) is 11.2 Å². The van der Waals surface area contributed by atoms with E-state index in [1.807, 2.05) is 11.6 Å². The van der Waals surface area contributed by atoms with Gasteiger partial charge in [-0.2, -0.15) is 5.10 Å². The number of hydrazone groups is 1. The van der Waals surface area contributed by atoms with Gasteiger partial charge in [0.25, 0.3) is 5.69 Å². The number of nitro benzene ring substituents is 1. The van der Waals surface area contributed by atoms with Crippen molar-refractivity contribution in [3.8, 4) is 0 Å². The number of benzene rings is 1. The summed E-state index contributed by atoms with van der Waals surface area (Å²) in [5, 5.41) is 15.6. The Morgan fingerprint density at radius 2 is 2.19 bits per heavy atom. The maximum absolute atomic E-state index is 10.5. The van der Waals surface area contributed by atoms with Gasteiger partial charge < -0.3 is 4.57 Å². The number of nitro groups is 1. The van der Waals surface area contributed by atoms with Gasteiger partial charge in [-0.15, -0.1) is 0 Å². The predicted octanol–water partition coefficient (Wildman–Crippen LogP) is 2.89. The summed E-state index contributed by atoms with van der Waals surface area (Å²) in [5.41, 5.74) is 4.44. The molecule has 110 valence electrons. The molecule has 8 heteroatoms. The molecule has 0 aliphatic rings. The molecule has 1 N–H and O–H groups in total. The van der Waals surface area contributed by atoms with Crippen LogP contribution in [0, 0.1) is 10.1 Å². The van der Waals surface area contributed by atoms with E-state index in [-0.39, 0.29) is 5.69 Å². The van der Waals surface area contributed by atoms with Gasteiger partial charge in [0.2, 0.25) is 0 Å². The molecular formula is C13H15N5O2S. The second-order valence-corrected chi connectivity index (χ2v) is 5.36. The topological polar surface area (TPSA) is 85.3 Å². The molecule has 0 amide bonds. The summed E-state index contributed by atoms with van der Waals surface area (Å²) in [6.07, 6.45) is 3.41. The maximum Gasteiger partial charge on any atom is 0.269 e. The van der Waals surface area contributed by atoms with E-state index in [9.17, 15) is 10.1 Å². The molecule has 1 aromatic carbocycles. The first-order chi connectivity index (χ1) is 10.1. The quantitative estimate of drug-likeness (QED) is 0.384. The number of nitrogens with zero attached hydrogens (tertiary/aromatic N) is 4. The summed E-state index contributed by atoms with van der Waals surface area (Å²) in [6.45, 7) is 2.07. The third-order valence-electron chi connectivity index (χ3n) is 2.72. The molecule has 0 spiro atoms. The van der Waals surface area contributed by atoms with Gasteiger partial charge in [0, 0.05) is 19.2 Å². The number of non-ortho nitro benzene ring substituents is 1. The van der Waals surface area contributed by atoms with Crippen molar-refractivity contribution in [1.29, 1.82) is 0 Å². The fraction of sp³-hybridized carbons (Fsp3) is 0.231. The van der Waals surface area contributed by atoms with Crippen LogP contribution in [0.3, 0.4) is 0 Å². The number of imidazole rings is 1. The minimum absolute atomic E-state index is 0.0531. The summed E-state index contributed by atoms with van der Waals surface area (Å²) in [6, 6.07) is 6.07. The van der Waals surface area contributed by atoms with E-state index in [0.717, 1.165) is 16.6 Å². The van der Waals surface area contributed by atoms with E-state index < -0.39 is 4.92 Å². The normalized spacial score (nSPS) is 11.0. The monoisotopic (exact) mass is 305 g/mol. The van der Waals surface area contributed by atoms with Gasteiger partial charge in [-0.05, 0) is 17.9 Å². The zero-order valence-electron chi connectivity index (χ0n) is 11.7. The maximum atomic E-state index is 10.5. The smallest absolute Gasteiger partial charge is 0.269 e. The molecule has 21 heavy (non-hydrogen) atoms. The lowest BCUT2D eigenvalue weighted by atomic mass is 10.3. The number of thioether (sulfide) groups is 1. The van der Waals surface area contributed by atoms with Gasteiger partial charge in [0.1, 0.15) is 0 Å². The average Bonchev–Trinajstić information content (AvgIpc) is 2.81. The summed E-state index contributed by atoms with van der Waals surface area (Å²) in [7, 11) is 1.93. The van der Waals surface area contributed by atoms with Crippen LogP contribution in [-0.4, -0.2) is 26.4 Å². The van der Waals surface area contributed by atoms with E-state index in [1.165, 1.54) is 12.1 Å². The molecule has 0 aliphatic heterocycles. The minimum atomic E-state index is -0.435. The van der Waals surface area contributed by atoms with E-state index in [2.05, 4.69) is 22.4 Å². The zero-order valence-corrected chi connectivity index (χ0v) is 12.5. The molecule has 2 rings (SSSR count). The molecule has 0 saturated carbocycles. The van der Waals surface area contributed by atoms with Crippen molar-refractivity contribution in [3.05, 3.63) is 46.3 Å². The Balaban J connectivity index is 2.00. The van der Waals surface area contributed by atoms with Crippen LogP contribution in [0.2, 0.25) is 0 Å². The number of hydrogen-bond donors (Lipinski definition) is 1. The molecule has 1 heterocycles. The van der Waals surface area contributed by atoms with E-state index in [4.69, 9.17) is 0 Å². The Hall–Kier alpha value is -2.35. The summed E-state index contributed by atoms with van der Waals surface area (Å²) >= 11 is 1.66. The predicted molar refractivity (Wildman–Crippen MR) is 83.9 cm³/mol. The van der Waals surface area contributed by atoms with Crippen molar-refractivity contribution in [3.63, 3.8) is 0 Å². The fourth-order valence-corrected chi connectivity index (χ4v) is 2.30. The molecule has 0 radical (unpaired) electrons. The Bertz CT molecular complexity index is 651. The highest BCUT2D eigenvalue weighted by Gasteiger charge is 2.04. The van der Waals surface area contributed by atoms with Gasteiger partial charge in [-0.25, -0.2) is 4.98 Å². The molecule has 7 nitrogen and oxygen atoms in total. The van der Waals surface area contributed by atoms with Gasteiger partial charge in [0.15, 0.2) is 5.16 Å². The molecule has 0 fully saturated rings. The van der Waals surface area contributed by atoms with Crippen LogP contribution in [0.4, 0.5) is 11.4 Å². The second kappa shape index (κ2) is 6.89. The molecule has 0 aliphatic carbocycles. The minimum Gasteiger partial charge on any atom is -0.321 e. The third-order valence-corrected chi connectivity index (χ3v) is 3.65. The zero-order chi connectivity index (χ0) is 15.2. The van der Waals surface area contributed by atoms with Crippen LogP contribution >= 0.6 is 11.8 Å². The first-order valence-corrected chi connectivity index (χ1v) is 7.28. The van der Waals surface area contributed by atoms with Gasteiger partial charge in [0.05, 0.1) is 28.7 Å². The molecule has 1 aromatic heterocycles. The molecule has 0 unspecified atom stereocenters. The Kier molecular flexibility index (Phi) is 4.94. The van der Waals surface area contributed by atoms with E-state index in [0.29, 0.717) is 5.69 Å². The third kappa shape index (κ3) is 3.82. The molecular weight excluding hydrogens is 290 g/mol. The highest BCUT2D eigenvalue weighted by Crippen LogP contribution is 2.16. The lowest BCUT2D eigenvalue weighted by molar-refractivity contribution is -0.384. The lowest BCUT2D eigenvalue weighted by Crippen LogP contribution is -1.98. The highest BCUT2D eigenvalue weighted by molar-refractivity contribution is 7.99. The van der Waals surface area contributed by atoms with Crippen molar-refractivity contribution >= 4 is 29.4 Å². The number of rotatable bonds is 6. The van der Waals surface area contributed by atoms with Crippen LogP contribution in [0.1, 0.15) is 12.6 Å². The standard InChI is InChI=1S/C13H15N5O2S/c1-3-21-13-14-8-12(17(13)2)9-15-16-10-4-6-11(7-5-10)18(19)20/h4-9,16H,3H2,1-2H3/b15-9+.